The molecule has 2 rings (SSSR count). The molecule has 80 valence electrons. The smallest absolute Gasteiger partial charge is 0.204 e. The van der Waals surface area contributed by atoms with E-state index in [0.29, 0.717) is 10.6 Å². The van der Waals surface area contributed by atoms with Gasteiger partial charge in [-0.25, -0.2) is 8.42 Å². The molecule has 0 amide bonds. The standard InChI is InChI=1S/C10H10ClNO2S/c1-6(12)10-5-7-8(11)3-2-4-9(7)15(10,13)14/h2-6H,12H2,1H3. The number of rotatable bonds is 1. The second-order valence-corrected chi connectivity index (χ2v) is 5.82. The number of nitrogens with two attached hydrogens (primary N) is 1. The highest BCUT2D eigenvalue weighted by Gasteiger charge is 2.32. The van der Waals surface area contributed by atoms with Crippen molar-refractivity contribution < 1.29 is 8.42 Å². The maximum atomic E-state index is 12.0. The van der Waals surface area contributed by atoms with Crippen molar-refractivity contribution in [2.24, 2.45) is 5.73 Å². The van der Waals surface area contributed by atoms with Crippen LogP contribution in [0.4, 0.5) is 0 Å². The van der Waals surface area contributed by atoms with Crippen molar-refractivity contribution in [2.45, 2.75) is 17.9 Å². The quantitative estimate of drug-likeness (QED) is 0.819. The Labute approximate surface area is 93.5 Å². The molecule has 1 aliphatic heterocycles. The fraction of sp³-hybridized carbons (Fsp3) is 0.200. The van der Waals surface area contributed by atoms with Crippen LogP contribution in [-0.2, 0) is 9.84 Å². The summed E-state index contributed by atoms with van der Waals surface area (Å²) < 4.78 is 23.9. The van der Waals surface area contributed by atoms with Gasteiger partial charge in [0.05, 0.1) is 9.80 Å². The van der Waals surface area contributed by atoms with Gasteiger partial charge in [-0.3, -0.25) is 0 Å². The molecule has 3 nitrogen and oxygen atoms in total. The van der Waals surface area contributed by atoms with Gasteiger partial charge in [0.1, 0.15) is 0 Å². The lowest BCUT2D eigenvalue weighted by Crippen LogP contribution is -2.21. The zero-order valence-corrected chi connectivity index (χ0v) is 9.64. The van der Waals surface area contributed by atoms with E-state index in [9.17, 15) is 8.42 Å². The van der Waals surface area contributed by atoms with Crippen LogP contribution < -0.4 is 5.73 Å². The highest BCUT2D eigenvalue weighted by molar-refractivity contribution is 7.96. The molecule has 0 radical (unpaired) electrons. The van der Waals surface area contributed by atoms with Crippen LogP contribution >= 0.6 is 11.6 Å². The van der Waals surface area contributed by atoms with E-state index in [1.807, 2.05) is 0 Å². The molecule has 1 atom stereocenters. The van der Waals surface area contributed by atoms with Gasteiger partial charge in [0.2, 0.25) is 9.84 Å². The minimum Gasteiger partial charge on any atom is -0.324 e. The van der Waals surface area contributed by atoms with Gasteiger partial charge in [0.25, 0.3) is 0 Å². The van der Waals surface area contributed by atoms with Crippen molar-refractivity contribution in [3.8, 4) is 0 Å². The SMILES string of the molecule is CC(N)C1=Cc2c(Cl)cccc2S1(=O)=O. The monoisotopic (exact) mass is 243 g/mol. The van der Waals surface area contributed by atoms with Crippen LogP contribution in [0.15, 0.2) is 28.0 Å². The lowest BCUT2D eigenvalue weighted by atomic mass is 10.2. The van der Waals surface area contributed by atoms with E-state index in [1.54, 1.807) is 31.2 Å². The summed E-state index contributed by atoms with van der Waals surface area (Å²) in [6, 6.07) is 4.31. The predicted molar refractivity (Wildman–Crippen MR) is 60.3 cm³/mol. The van der Waals surface area contributed by atoms with E-state index in [-0.39, 0.29) is 9.80 Å². The Bertz CT molecular complexity index is 547. The Morgan fingerprint density at radius 3 is 2.60 bits per heavy atom. The summed E-state index contributed by atoms with van der Waals surface area (Å²) in [5.74, 6) is 0. The minimum atomic E-state index is -3.42. The lowest BCUT2D eigenvalue weighted by molar-refractivity contribution is 0.600. The zero-order chi connectivity index (χ0) is 11.2. The first kappa shape index (κ1) is 10.7. The van der Waals surface area contributed by atoms with Gasteiger partial charge < -0.3 is 5.73 Å². The third-order valence-electron chi connectivity index (χ3n) is 2.35. The fourth-order valence-electron chi connectivity index (χ4n) is 1.61. The largest absolute Gasteiger partial charge is 0.324 e. The van der Waals surface area contributed by atoms with E-state index in [2.05, 4.69) is 0 Å². The summed E-state index contributed by atoms with van der Waals surface area (Å²) in [6.07, 6.45) is 1.55. The summed E-state index contributed by atoms with van der Waals surface area (Å²) in [7, 11) is -3.42. The highest BCUT2D eigenvalue weighted by atomic mass is 35.5. The van der Waals surface area contributed by atoms with Gasteiger partial charge >= 0.3 is 0 Å². The summed E-state index contributed by atoms with van der Waals surface area (Å²) in [5.41, 5.74) is 6.16. The molecule has 2 N–H and O–H groups in total. The first-order valence-electron chi connectivity index (χ1n) is 4.45. The first-order chi connectivity index (χ1) is 6.94. The van der Waals surface area contributed by atoms with Gasteiger partial charge in [-0.1, -0.05) is 17.7 Å². The number of hydrogen-bond donors (Lipinski definition) is 1. The van der Waals surface area contributed by atoms with Crippen LogP contribution in [0.25, 0.3) is 6.08 Å². The second-order valence-electron chi connectivity index (χ2n) is 3.49. The average Bonchev–Trinajstić information content (AvgIpc) is 2.40. The van der Waals surface area contributed by atoms with Crippen molar-refractivity contribution in [3.05, 3.63) is 33.7 Å². The Hall–Kier alpha value is -0.840. The van der Waals surface area contributed by atoms with Crippen molar-refractivity contribution in [1.29, 1.82) is 0 Å². The summed E-state index contributed by atoms with van der Waals surface area (Å²) >= 11 is 5.92. The van der Waals surface area contributed by atoms with Crippen LogP contribution in [0.1, 0.15) is 12.5 Å². The van der Waals surface area contributed by atoms with E-state index >= 15 is 0 Å². The van der Waals surface area contributed by atoms with Crippen LogP contribution in [0.5, 0.6) is 0 Å². The molecule has 1 unspecified atom stereocenters. The molecule has 0 saturated heterocycles. The average molecular weight is 244 g/mol. The lowest BCUT2D eigenvalue weighted by Gasteiger charge is -2.06. The molecule has 0 aromatic heterocycles. The molecule has 0 saturated carbocycles. The van der Waals surface area contributed by atoms with Crippen molar-refractivity contribution >= 4 is 27.5 Å². The maximum absolute atomic E-state index is 12.0. The maximum Gasteiger partial charge on any atom is 0.204 e. The van der Waals surface area contributed by atoms with E-state index < -0.39 is 15.9 Å². The third kappa shape index (κ3) is 1.49. The normalized spacial score (nSPS) is 19.5. The first-order valence-corrected chi connectivity index (χ1v) is 6.31. The molecule has 5 heteroatoms. The summed E-state index contributed by atoms with van der Waals surface area (Å²) in [5, 5.41) is 0.437. The zero-order valence-electron chi connectivity index (χ0n) is 8.07. The molecule has 1 heterocycles. The van der Waals surface area contributed by atoms with Gasteiger partial charge in [-0.05, 0) is 25.1 Å². The van der Waals surface area contributed by atoms with Crippen molar-refractivity contribution in [3.63, 3.8) is 0 Å². The molecule has 0 aliphatic carbocycles. The number of benzene rings is 1. The Kier molecular flexibility index (Phi) is 2.37. The number of hydrogen-bond acceptors (Lipinski definition) is 3. The van der Waals surface area contributed by atoms with Gasteiger partial charge in [0.15, 0.2) is 0 Å². The fourth-order valence-corrected chi connectivity index (χ4v) is 3.63. The Morgan fingerprint density at radius 1 is 1.40 bits per heavy atom. The van der Waals surface area contributed by atoms with Crippen LogP contribution in [-0.4, -0.2) is 14.5 Å². The van der Waals surface area contributed by atoms with E-state index in [0.717, 1.165) is 0 Å². The highest BCUT2D eigenvalue weighted by Crippen LogP contribution is 2.37. The predicted octanol–water partition coefficient (Wildman–Crippen LogP) is 1.82. The molecular weight excluding hydrogens is 234 g/mol. The number of fused-ring (bicyclic) bond motifs is 1. The molecular formula is C10H10ClNO2S. The number of sulfone groups is 1. The van der Waals surface area contributed by atoms with Crippen LogP contribution in [0.3, 0.4) is 0 Å². The molecule has 0 fully saturated rings. The number of halogens is 1. The van der Waals surface area contributed by atoms with Gasteiger partial charge in [-0.15, -0.1) is 0 Å². The molecule has 0 bridgehead atoms. The topological polar surface area (TPSA) is 60.2 Å². The minimum absolute atomic E-state index is 0.227. The van der Waals surface area contributed by atoms with Gasteiger partial charge in [0, 0.05) is 16.6 Å². The second kappa shape index (κ2) is 3.33. The molecule has 1 aliphatic rings. The van der Waals surface area contributed by atoms with Gasteiger partial charge in [-0.2, -0.15) is 0 Å². The Morgan fingerprint density at radius 2 is 2.07 bits per heavy atom. The Balaban J connectivity index is 2.75. The molecule has 15 heavy (non-hydrogen) atoms. The summed E-state index contributed by atoms with van der Waals surface area (Å²) in [4.78, 5) is 0.480. The third-order valence-corrected chi connectivity index (χ3v) is 4.72. The van der Waals surface area contributed by atoms with Crippen molar-refractivity contribution in [2.75, 3.05) is 0 Å². The summed E-state index contributed by atoms with van der Waals surface area (Å²) in [6.45, 7) is 1.64. The van der Waals surface area contributed by atoms with E-state index in [4.69, 9.17) is 17.3 Å². The molecule has 1 aromatic carbocycles. The van der Waals surface area contributed by atoms with E-state index in [1.165, 1.54) is 0 Å². The molecule has 0 spiro atoms. The van der Waals surface area contributed by atoms with Crippen LogP contribution in [0, 0.1) is 0 Å². The molecule has 1 aromatic rings. The van der Waals surface area contributed by atoms with Crippen LogP contribution in [0.2, 0.25) is 5.02 Å². The van der Waals surface area contributed by atoms with Crippen molar-refractivity contribution in [1.82, 2.24) is 0 Å².